The van der Waals surface area contributed by atoms with Crippen LogP contribution in [0.15, 0.2) is 28.3 Å². The number of amides is 1. The van der Waals surface area contributed by atoms with Gasteiger partial charge in [0.05, 0.1) is 38.7 Å². The highest BCUT2D eigenvalue weighted by molar-refractivity contribution is 7.99. The first-order valence-electron chi connectivity index (χ1n) is 10.5. The van der Waals surface area contributed by atoms with Crippen LogP contribution >= 0.6 is 11.8 Å². The normalized spacial score (nSPS) is 19.5. The molecule has 2 aromatic rings. The van der Waals surface area contributed by atoms with Crippen molar-refractivity contribution < 1.29 is 27.4 Å². The zero-order valence-electron chi connectivity index (χ0n) is 18.2. The quantitative estimate of drug-likeness (QED) is 0.490. The number of morpholine rings is 1. The smallest absolute Gasteiger partial charge is 0.246 e. The van der Waals surface area contributed by atoms with Crippen molar-refractivity contribution in [3.05, 3.63) is 18.2 Å². The number of ether oxygens (including phenoxy) is 3. The maximum Gasteiger partial charge on any atom is 0.246 e. The van der Waals surface area contributed by atoms with Gasteiger partial charge in [-0.25, -0.2) is 13.1 Å². The van der Waals surface area contributed by atoms with Crippen molar-refractivity contribution in [1.29, 1.82) is 0 Å². The van der Waals surface area contributed by atoms with Crippen LogP contribution in [0.2, 0.25) is 0 Å². The number of hydrogen-bond acceptors (Lipinski definition) is 10. The van der Waals surface area contributed by atoms with Gasteiger partial charge in [-0.2, -0.15) is 4.31 Å². The van der Waals surface area contributed by atoms with E-state index in [1.807, 2.05) is 0 Å². The number of sulfonamides is 1. The van der Waals surface area contributed by atoms with Crippen molar-refractivity contribution in [2.24, 2.45) is 0 Å². The highest BCUT2D eigenvalue weighted by atomic mass is 32.2. The third kappa shape index (κ3) is 5.81. The molecule has 180 valence electrons. The molecule has 1 aromatic heterocycles. The fourth-order valence-corrected chi connectivity index (χ4v) is 5.88. The van der Waals surface area contributed by atoms with E-state index < -0.39 is 10.0 Å². The Morgan fingerprint density at radius 1 is 1.30 bits per heavy atom. The van der Waals surface area contributed by atoms with E-state index in [1.54, 1.807) is 10.7 Å². The Morgan fingerprint density at radius 3 is 2.85 bits per heavy atom. The molecule has 1 aromatic carbocycles. The standard InChI is InChI=1S/C19H26N6O6S2/c1-29-16-5-4-14(11-17(16)33(27,28)24-6-9-30-10-7-24)20-18(26)13-32-19-21-22-23-25(19)12-15-3-2-8-31-15/h4-5,11,15H,2-3,6-10,12-13H2,1H3,(H,20,26). The number of methoxy groups -OCH3 is 1. The topological polar surface area (TPSA) is 138 Å². The van der Waals surface area contributed by atoms with Crippen LogP contribution in [0, 0.1) is 0 Å². The second kappa shape index (κ2) is 10.8. The number of hydrogen-bond donors (Lipinski definition) is 1. The van der Waals surface area contributed by atoms with E-state index in [9.17, 15) is 13.2 Å². The van der Waals surface area contributed by atoms with E-state index in [1.165, 1.54) is 35.3 Å². The van der Waals surface area contributed by atoms with Gasteiger partial charge in [-0.3, -0.25) is 4.79 Å². The van der Waals surface area contributed by atoms with E-state index in [2.05, 4.69) is 20.8 Å². The van der Waals surface area contributed by atoms with E-state index >= 15 is 0 Å². The summed E-state index contributed by atoms with van der Waals surface area (Å²) in [7, 11) is -2.39. The molecular formula is C19H26N6O6S2. The molecule has 1 unspecified atom stereocenters. The molecular weight excluding hydrogens is 472 g/mol. The molecule has 1 amide bonds. The number of nitrogens with one attached hydrogen (secondary N) is 1. The lowest BCUT2D eigenvalue weighted by Gasteiger charge is -2.26. The van der Waals surface area contributed by atoms with Crippen molar-refractivity contribution in [2.75, 3.05) is 51.1 Å². The van der Waals surface area contributed by atoms with Crippen LogP contribution in [-0.4, -0.2) is 90.7 Å². The van der Waals surface area contributed by atoms with Gasteiger partial charge >= 0.3 is 0 Å². The van der Waals surface area contributed by atoms with Gasteiger partial charge in [-0.1, -0.05) is 11.8 Å². The van der Waals surface area contributed by atoms with Crippen LogP contribution < -0.4 is 10.1 Å². The second-order valence-corrected chi connectivity index (χ2v) is 10.3. The van der Waals surface area contributed by atoms with Crippen LogP contribution in [0.3, 0.4) is 0 Å². The summed E-state index contributed by atoms with van der Waals surface area (Å²) in [5.41, 5.74) is 0.354. The summed E-state index contributed by atoms with van der Waals surface area (Å²) in [6, 6.07) is 4.53. The number of anilines is 1. The molecule has 0 radical (unpaired) electrons. The zero-order chi connectivity index (χ0) is 23.3. The van der Waals surface area contributed by atoms with Gasteiger partial charge in [-0.15, -0.1) is 5.10 Å². The van der Waals surface area contributed by atoms with E-state index in [4.69, 9.17) is 14.2 Å². The molecule has 2 fully saturated rings. The zero-order valence-corrected chi connectivity index (χ0v) is 19.8. The molecule has 0 aliphatic carbocycles. The minimum absolute atomic E-state index is 0.00198. The molecule has 12 nitrogen and oxygen atoms in total. The number of carbonyl (C=O) groups is 1. The van der Waals surface area contributed by atoms with Gasteiger partial charge in [0.1, 0.15) is 10.6 Å². The van der Waals surface area contributed by atoms with Gasteiger partial charge in [0.25, 0.3) is 0 Å². The lowest BCUT2D eigenvalue weighted by atomic mass is 10.2. The number of nitrogens with zero attached hydrogens (tertiary/aromatic N) is 5. The average Bonchev–Trinajstić information content (AvgIpc) is 3.51. The summed E-state index contributed by atoms with van der Waals surface area (Å²) in [6.45, 7) is 2.47. The van der Waals surface area contributed by atoms with Crippen LogP contribution in [0.4, 0.5) is 5.69 Å². The fraction of sp³-hybridized carbons (Fsp3) is 0.579. The summed E-state index contributed by atoms with van der Waals surface area (Å²) in [5, 5.41) is 14.9. The number of aromatic nitrogens is 4. The minimum atomic E-state index is -3.80. The summed E-state index contributed by atoms with van der Waals surface area (Å²) < 4.78 is 45.3. The van der Waals surface area contributed by atoms with Crippen molar-refractivity contribution in [2.45, 2.75) is 35.5 Å². The highest BCUT2D eigenvalue weighted by Gasteiger charge is 2.29. The predicted molar refractivity (Wildman–Crippen MR) is 119 cm³/mol. The van der Waals surface area contributed by atoms with Crippen LogP contribution in [0.25, 0.3) is 0 Å². The summed E-state index contributed by atoms with van der Waals surface area (Å²) in [5.74, 6) is -0.0440. The van der Waals surface area contributed by atoms with Crippen LogP contribution in [-0.2, 0) is 30.8 Å². The lowest BCUT2D eigenvalue weighted by Crippen LogP contribution is -2.40. The Labute approximate surface area is 196 Å². The Bertz CT molecular complexity index is 1070. The minimum Gasteiger partial charge on any atom is -0.495 e. The summed E-state index contributed by atoms with van der Waals surface area (Å²) >= 11 is 1.20. The van der Waals surface area contributed by atoms with Gasteiger partial charge in [-0.05, 0) is 41.5 Å². The molecule has 2 aliphatic heterocycles. The summed E-state index contributed by atoms with van der Waals surface area (Å²) in [6.07, 6.45) is 2.05. The molecule has 33 heavy (non-hydrogen) atoms. The van der Waals surface area contributed by atoms with Crippen LogP contribution in [0.5, 0.6) is 5.75 Å². The maximum absolute atomic E-state index is 13.1. The Kier molecular flexibility index (Phi) is 7.80. The Morgan fingerprint density at radius 2 is 2.12 bits per heavy atom. The van der Waals surface area contributed by atoms with Crippen LogP contribution in [0.1, 0.15) is 12.8 Å². The SMILES string of the molecule is COc1ccc(NC(=O)CSc2nnnn2CC2CCCO2)cc1S(=O)(=O)N1CCOCC1. The number of thioether (sulfide) groups is 1. The molecule has 0 bridgehead atoms. The van der Waals surface area contributed by atoms with Gasteiger partial charge in [0.2, 0.25) is 21.1 Å². The van der Waals surface area contributed by atoms with Gasteiger partial charge < -0.3 is 19.5 Å². The monoisotopic (exact) mass is 498 g/mol. The third-order valence-corrected chi connectivity index (χ3v) is 8.14. The molecule has 2 aliphatic rings. The largest absolute Gasteiger partial charge is 0.495 e. The molecule has 2 saturated heterocycles. The highest BCUT2D eigenvalue weighted by Crippen LogP contribution is 2.30. The Balaban J connectivity index is 1.40. The van der Waals surface area contributed by atoms with Gasteiger partial charge in [0.15, 0.2) is 0 Å². The van der Waals surface area contributed by atoms with Crippen molar-refractivity contribution in [1.82, 2.24) is 24.5 Å². The number of tetrazole rings is 1. The average molecular weight is 499 g/mol. The molecule has 14 heteroatoms. The number of benzene rings is 1. The molecule has 4 rings (SSSR count). The first-order valence-corrected chi connectivity index (χ1v) is 13.0. The summed E-state index contributed by atoms with van der Waals surface area (Å²) in [4.78, 5) is 12.5. The van der Waals surface area contributed by atoms with E-state index in [-0.39, 0.29) is 41.5 Å². The number of rotatable bonds is 9. The van der Waals surface area contributed by atoms with E-state index in [0.29, 0.717) is 30.6 Å². The third-order valence-electron chi connectivity index (χ3n) is 5.27. The van der Waals surface area contributed by atoms with Gasteiger partial charge in [0, 0.05) is 25.4 Å². The van der Waals surface area contributed by atoms with Crippen molar-refractivity contribution >= 4 is 33.4 Å². The first kappa shape index (κ1) is 23.9. The Hall–Kier alpha value is -2.26. The predicted octanol–water partition coefficient (Wildman–Crippen LogP) is 0.612. The fourth-order valence-electron chi connectivity index (χ4n) is 3.60. The lowest BCUT2D eigenvalue weighted by molar-refractivity contribution is -0.113. The second-order valence-electron chi connectivity index (χ2n) is 7.50. The first-order chi connectivity index (χ1) is 16.0. The van der Waals surface area contributed by atoms with E-state index in [0.717, 1.165) is 19.4 Å². The molecule has 1 N–H and O–H groups in total. The molecule has 1 atom stereocenters. The molecule has 0 saturated carbocycles. The number of carbonyl (C=O) groups excluding carboxylic acids is 1. The van der Waals surface area contributed by atoms with Crippen molar-refractivity contribution in [3.63, 3.8) is 0 Å². The maximum atomic E-state index is 13.1. The molecule has 0 spiro atoms. The molecule has 3 heterocycles. The van der Waals surface area contributed by atoms with Crippen molar-refractivity contribution in [3.8, 4) is 5.75 Å².